The molecule has 2 unspecified atom stereocenters. The highest BCUT2D eigenvalue weighted by Gasteiger charge is 2.79. The molecule has 0 aromatic heterocycles. The van der Waals surface area contributed by atoms with Gasteiger partial charge in [0.1, 0.15) is 11.6 Å². The van der Waals surface area contributed by atoms with E-state index in [0.717, 1.165) is 16.8 Å². The van der Waals surface area contributed by atoms with Gasteiger partial charge in [0.15, 0.2) is 0 Å². The molecular weight excluding hydrogens is 542 g/mol. The van der Waals surface area contributed by atoms with E-state index in [4.69, 9.17) is 4.74 Å². The van der Waals surface area contributed by atoms with Crippen LogP contribution in [0.25, 0.3) is 0 Å². The van der Waals surface area contributed by atoms with Crippen molar-refractivity contribution in [2.24, 2.45) is 11.8 Å². The van der Waals surface area contributed by atoms with Crippen LogP contribution < -0.4 is 4.90 Å². The van der Waals surface area contributed by atoms with E-state index in [9.17, 15) is 14.7 Å². The minimum Gasteiger partial charge on any atom is -0.394 e. The molecule has 1 N–H and O–H groups in total. The number of nitrogens with zero attached hydrogens (tertiary/aromatic N) is 3. The monoisotopic (exact) mass is 585 g/mol. The number of anilines is 1. The van der Waals surface area contributed by atoms with E-state index >= 15 is 4.79 Å². The Balaban J connectivity index is 1.71. The summed E-state index contributed by atoms with van der Waals surface area (Å²) in [5.74, 6) is -2.45. The average Bonchev–Trinajstić information content (AvgIpc) is 3.61. The molecular formula is C35H43N3O5. The van der Waals surface area contributed by atoms with Crippen molar-refractivity contribution in [3.8, 4) is 0 Å². The van der Waals surface area contributed by atoms with Crippen LogP contribution in [0.5, 0.6) is 0 Å². The SMILES string of the molecule is C=CCN(C)C(=O)[C@H]1[C@H]2C(=O)N([C@H](CO)c3ccccc3)C(C(=O)N(CC=C)c3cc(C)ccc3C)C23CC[C@]1(CC)O3. The Labute approximate surface area is 254 Å². The number of aliphatic hydroxyl groups is 1. The van der Waals surface area contributed by atoms with Crippen LogP contribution in [0.1, 0.15) is 48.9 Å². The fraction of sp³-hybridized carbons (Fsp3) is 0.457. The first kappa shape index (κ1) is 30.7. The summed E-state index contributed by atoms with van der Waals surface area (Å²) in [6, 6.07) is 13.3. The zero-order chi connectivity index (χ0) is 31.1. The number of rotatable bonds is 11. The van der Waals surface area contributed by atoms with Crippen molar-refractivity contribution in [1.29, 1.82) is 0 Å². The van der Waals surface area contributed by atoms with Gasteiger partial charge in [-0.3, -0.25) is 14.4 Å². The molecule has 43 heavy (non-hydrogen) atoms. The van der Waals surface area contributed by atoms with Crippen LogP contribution in [0.2, 0.25) is 0 Å². The lowest BCUT2D eigenvalue weighted by molar-refractivity contribution is -0.153. The van der Waals surface area contributed by atoms with Crippen molar-refractivity contribution in [2.75, 3.05) is 31.6 Å². The largest absolute Gasteiger partial charge is 0.394 e. The Kier molecular flexibility index (Phi) is 8.38. The molecule has 8 nitrogen and oxygen atoms in total. The van der Waals surface area contributed by atoms with Crippen molar-refractivity contribution < 1.29 is 24.2 Å². The van der Waals surface area contributed by atoms with E-state index in [1.54, 1.807) is 29.0 Å². The molecule has 0 aliphatic carbocycles. The van der Waals surface area contributed by atoms with Crippen LogP contribution >= 0.6 is 0 Å². The molecule has 3 saturated heterocycles. The van der Waals surface area contributed by atoms with Gasteiger partial charge in [-0.1, -0.05) is 61.5 Å². The number of amides is 3. The van der Waals surface area contributed by atoms with Gasteiger partial charge in [0.2, 0.25) is 11.8 Å². The van der Waals surface area contributed by atoms with Gasteiger partial charge in [-0.15, -0.1) is 13.2 Å². The molecule has 5 rings (SSSR count). The highest BCUT2D eigenvalue weighted by Crippen LogP contribution is 2.65. The van der Waals surface area contributed by atoms with E-state index in [1.165, 1.54) is 4.90 Å². The van der Waals surface area contributed by atoms with E-state index in [0.29, 0.717) is 31.4 Å². The normalized spacial score (nSPS) is 28.0. The summed E-state index contributed by atoms with van der Waals surface area (Å²) in [5.41, 5.74) is 1.26. The van der Waals surface area contributed by atoms with Crippen molar-refractivity contribution in [2.45, 2.75) is 63.3 Å². The van der Waals surface area contributed by atoms with Crippen LogP contribution in [0.15, 0.2) is 73.8 Å². The number of aryl methyl sites for hydroxylation is 2. The first-order chi connectivity index (χ1) is 20.6. The number of ether oxygens (including phenoxy) is 1. The smallest absolute Gasteiger partial charge is 0.253 e. The molecule has 0 radical (unpaired) electrons. The molecule has 3 fully saturated rings. The number of fused-ring (bicyclic) bond motifs is 1. The quantitative estimate of drug-likeness (QED) is 0.396. The van der Waals surface area contributed by atoms with Crippen molar-refractivity contribution >= 4 is 23.4 Å². The van der Waals surface area contributed by atoms with E-state index in [1.807, 2.05) is 69.3 Å². The van der Waals surface area contributed by atoms with Gasteiger partial charge in [0, 0.05) is 25.8 Å². The topological polar surface area (TPSA) is 90.4 Å². The minimum absolute atomic E-state index is 0.188. The molecule has 1 spiro atoms. The summed E-state index contributed by atoms with van der Waals surface area (Å²) in [7, 11) is 1.71. The highest BCUT2D eigenvalue weighted by molar-refractivity contribution is 6.05. The van der Waals surface area contributed by atoms with Crippen LogP contribution in [-0.2, 0) is 19.1 Å². The van der Waals surface area contributed by atoms with Crippen LogP contribution in [0.4, 0.5) is 5.69 Å². The van der Waals surface area contributed by atoms with E-state index in [-0.39, 0.29) is 30.9 Å². The average molecular weight is 586 g/mol. The van der Waals surface area contributed by atoms with Crippen molar-refractivity contribution in [3.05, 3.63) is 90.5 Å². The van der Waals surface area contributed by atoms with Gasteiger partial charge in [-0.05, 0) is 55.9 Å². The molecule has 2 aromatic rings. The second-order valence-corrected chi connectivity index (χ2v) is 12.2. The van der Waals surface area contributed by atoms with Gasteiger partial charge in [-0.25, -0.2) is 0 Å². The third-order valence-corrected chi connectivity index (χ3v) is 9.82. The lowest BCUT2D eigenvalue weighted by atomic mass is 9.64. The summed E-state index contributed by atoms with van der Waals surface area (Å²) in [6.07, 6.45) is 4.88. The van der Waals surface area contributed by atoms with Crippen molar-refractivity contribution in [1.82, 2.24) is 9.80 Å². The highest BCUT2D eigenvalue weighted by atomic mass is 16.5. The Hall–Kier alpha value is -3.75. The molecule has 6 atom stereocenters. The number of aliphatic hydroxyl groups excluding tert-OH is 1. The number of likely N-dealkylation sites (N-methyl/N-ethyl adjacent to an activating group) is 1. The van der Waals surface area contributed by atoms with E-state index < -0.39 is 35.1 Å². The predicted molar refractivity (Wildman–Crippen MR) is 166 cm³/mol. The maximum absolute atomic E-state index is 15.1. The summed E-state index contributed by atoms with van der Waals surface area (Å²) >= 11 is 0. The Morgan fingerprint density at radius 2 is 1.79 bits per heavy atom. The number of carbonyl (C=O) groups is 3. The molecule has 3 heterocycles. The van der Waals surface area contributed by atoms with E-state index in [2.05, 4.69) is 13.2 Å². The Bertz CT molecular complexity index is 1430. The summed E-state index contributed by atoms with van der Waals surface area (Å²) in [5, 5.41) is 10.8. The first-order valence-corrected chi connectivity index (χ1v) is 15.1. The summed E-state index contributed by atoms with van der Waals surface area (Å²) < 4.78 is 6.98. The van der Waals surface area contributed by atoms with Crippen LogP contribution in [0.3, 0.4) is 0 Å². The van der Waals surface area contributed by atoms with Crippen LogP contribution in [0, 0.1) is 25.7 Å². The summed E-state index contributed by atoms with van der Waals surface area (Å²) in [6.45, 7) is 13.8. The van der Waals surface area contributed by atoms with Gasteiger partial charge in [0.25, 0.3) is 5.91 Å². The number of carbonyl (C=O) groups excluding carboxylic acids is 3. The third kappa shape index (κ3) is 4.71. The zero-order valence-electron chi connectivity index (χ0n) is 25.7. The predicted octanol–water partition coefficient (Wildman–Crippen LogP) is 4.36. The molecule has 3 aliphatic heterocycles. The van der Waals surface area contributed by atoms with Gasteiger partial charge in [0.05, 0.1) is 30.1 Å². The fourth-order valence-corrected chi connectivity index (χ4v) is 7.79. The molecule has 0 saturated carbocycles. The third-order valence-electron chi connectivity index (χ3n) is 9.82. The number of benzene rings is 2. The Morgan fingerprint density at radius 1 is 1.09 bits per heavy atom. The standard InChI is InChI=1S/C35H43N3O5/c1-7-19-36(6)31(40)28-29-32(41)38(27(22-39)25-13-11-10-12-14-25)30(35(29)18-17-34(28,9-3)43-35)33(42)37(20-8-2)26-21-23(4)15-16-24(26)5/h7-8,10-16,21,27-30,39H,1-2,9,17-20,22H2,3-6H3/t27-,28-,29+,30?,34+,35?/m1/s1. The van der Waals surface area contributed by atoms with Gasteiger partial charge in [-0.2, -0.15) is 0 Å². The number of hydrogen-bond acceptors (Lipinski definition) is 5. The number of likely N-dealkylation sites (tertiary alicyclic amines) is 1. The lowest BCUT2D eigenvalue weighted by Gasteiger charge is -2.40. The molecule has 2 bridgehead atoms. The second-order valence-electron chi connectivity index (χ2n) is 12.2. The Morgan fingerprint density at radius 3 is 2.42 bits per heavy atom. The molecule has 8 heteroatoms. The van der Waals surface area contributed by atoms with Crippen molar-refractivity contribution in [3.63, 3.8) is 0 Å². The maximum Gasteiger partial charge on any atom is 0.253 e. The molecule has 228 valence electrons. The molecule has 3 amide bonds. The maximum atomic E-state index is 15.1. The number of hydrogen-bond donors (Lipinski definition) is 1. The second kappa shape index (κ2) is 11.7. The molecule has 3 aliphatic rings. The fourth-order valence-electron chi connectivity index (χ4n) is 7.79. The first-order valence-electron chi connectivity index (χ1n) is 15.1. The van der Waals surface area contributed by atoms with Gasteiger partial charge >= 0.3 is 0 Å². The lowest BCUT2D eigenvalue weighted by Crippen LogP contribution is -2.57. The van der Waals surface area contributed by atoms with Crippen LogP contribution in [-0.4, -0.2) is 76.6 Å². The van der Waals surface area contributed by atoms with Gasteiger partial charge < -0.3 is 24.5 Å². The minimum atomic E-state index is -1.22. The molecule has 2 aromatic carbocycles. The zero-order valence-corrected chi connectivity index (χ0v) is 25.7. The summed E-state index contributed by atoms with van der Waals surface area (Å²) in [4.78, 5) is 48.7.